The summed E-state index contributed by atoms with van der Waals surface area (Å²) < 4.78 is 88.7. The van der Waals surface area contributed by atoms with Crippen LogP contribution in [0.4, 0.5) is 36.4 Å². The van der Waals surface area contributed by atoms with Gasteiger partial charge in [0.25, 0.3) is 0 Å². The maximum absolute atomic E-state index is 14.1. The van der Waals surface area contributed by atoms with Gasteiger partial charge in [0, 0.05) is 10.6 Å². The number of hydrogen-bond donors (Lipinski definition) is 0. The second-order valence-electron chi connectivity index (χ2n) is 5.56. The maximum atomic E-state index is 14.1. The van der Waals surface area contributed by atoms with Gasteiger partial charge in [0.2, 0.25) is 5.91 Å². The highest BCUT2D eigenvalue weighted by Gasteiger charge is 2.39. The molecule has 1 aliphatic rings. The van der Waals surface area contributed by atoms with E-state index in [-0.39, 0.29) is 22.4 Å². The lowest BCUT2D eigenvalue weighted by Gasteiger charge is -2.18. The Kier molecular flexibility index (Phi) is 6.72. The topological polar surface area (TPSA) is 32.7 Å². The molecule has 0 aromatic heterocycles. The quantitative estimate of drug-likeness (QED) is 0.466. The first-order valence-electron chi connectivity index (χ1n) is 7.44. The monoisotopic (exact) mass is 434 g/mol. The van der Waals surface area contributed by atoms with Gasteiger partial charge in [-0.05, 0) is 24.6 Å². The highest BCUT2D eigenvalue weighted by Crippen LogP contribution is 2.34. The summed E-state index contributed by atoms with van der Waals surface area (Å²) in [5, 5.41) is -0.300. The fraction of sp³-hybridized carbons (Fsp3) is 0.467. The van der Waals surface area contributed by atoms with Crippen molar-refractivity contribution in [1.29, 1.82) is 0 Å². The minimum absolute atomic E-state index is 0.254. The molecule has 0 bridgehead atoms. The number of rotatable bonds is 5. The van der Waals surface area contributed by atoms with Crippen molar-refractivity contribution in [3.05, 3.63) is 23.5 Å². The number of thioether (sulfide) groups is 2. The van der Waals surface area contributed by atoms with Crippen molar-refractivity contribution in [1.82, 2.24) is 4.90 Å². The third-order valence-corrected chi connectivity index (χ3v) is 5.42. The minimum atomic E-state index is -4.65. The fourth-order valence-corrected chi connectivity index (χ4v) is 4.01. The van der Waals surface area contributed by atoms with Crippen LogP contribution in [-0.4, -0.2) is 46.4 Å². The fourth-order valence-electron chi connectivity index (χ4n) is 2.08. The number of hydrogen-bond acceptors (Lipinski definition) is 4. The zero-order chi connectivity index (χ0) is 20.4. The van der Waals surface area contributed by atoms with Gasteiger partial charge in [-0.3, -0.25) is 9.69 Å². The number of nitrogens with zero attached hydrogens (tertiary/aromatic N) is 2. The van der Waals surface area contributed by atoms with Gasteiger partial charge in [0.1, 0.15) is 18.0 Å². The average Bonchev–Trinajstić information content (AvgIpc) is 2.81. The van der Waals surface area contributed by atoms with Gasteiger partial charge in [-0.2, -0.15) is 26.3 Å². The van der Waals surface area contributed by atoms with Crippen molar-refractivity contribution in [3.8, 4) is 0 Å². The Hall–Kier alpha value is -1.43. The molecule has 3 nitrogen and oxygen atoms in total. The number of halogens is 7. The number of carbonyl (C=O) groups excluding carboxylic acids is 1. The summed E-state index contributed by atoms with van der Waals surface area (Å²) in [6.07, 6.45) is -10.0. The number of aryl methyl sites for hydroxylation is 1. The summed E-state index contributed by atoms with van der Waals surface area (Å²) >= 11 is 1.58. The van der Waals surface area contributed by atoms with Crippen LogP contribution in [0.2, 0.25) is 0 Å². The summed E-state index contributed by atoms with van der Waals surface area (Å²) in [4.78, 5) is 16.2. The number of benzene rings is 1. The summed E-state index contributed by atoms with van der Waals surface area (Å²) in [5.41, 5.74) is 0.0467. The molecule has 1 heterocycles. The Morgan fingerprint density at radius 2 is 1.85 bits per heavy atom. The predicted molar refractivity (Wildman–Crippen MR) is 89.9 cm³/mol. The van der Waals surface area contributed by atoms with Crippen LogP contribution in [0.5, 0.6) is 0 Å². The van der Waals surface area contributed by atoms with Crippen LogP contribution >= 0.6 is 23.5 Å². The van der Waals surface area contributed by atoms with Gasteiger partial charge in [0.15, 0.2) is 5.17 Å². The second-order valence-corrected chi connectivity index (χ2v) is 7.64. The summed E-state index contributed by atoms with van der Waals surface area (Å²) in [7, 11) is 0. The molecule has 1 saturated heterocycles. The van der Waals surface area contributed by atoms with Crippen molar-refractivity contribution in [2.75, 3.05) is 18.1 Å². The molecule has 1 amide bonds. The zero-order valence-corrected chi connectivity index (χ0v) is 15.4. The second kappa shape index (κ2) is 8.29. The van der Waals surface area contributed by atoms with Crippen LogP contribution in [0.1, 0.15) is 12.0 Å². The third kappa shape index (κ3) is 6.59. The number of amides is 1. The molecule has 0 spiro atoms. The molecule has 12 heteroatoms. The first kappa shape index (κ1) is 21.9. The van der Waals surface area contributed by atoms with E-state index in [2.05, 4.69) is 4.99 Å². The Bertz CT molecular complexity index is 747. The van der Waals surface area contributed by atoms with Crippen LogP contribution in [-0.2, 0) is 4.79 Å². The van der Waals surface area contributed by atoms with E-state index in [4.69, 9.17) is 0 Å². The highest BCUT2D eigenvalue weighted by molar-refractivity contribution is 8.15. The molecule has 1 aromatic rings. The van der Waals surface area contributed by atoms with Crippen molar-refractivity contribution >= 4 is 40.3 Å². The third-order valence-electron chi connectivity index (χ3n) is 3.30. The van der Waals surface area contributed by atoms with Crippen LogP contribution in [0, 0.1) is 12.7 Å². The van der Waals surface area contributed by atoms with Gasteiger partial charge >= 0.3 is 12.4 Å². The van der Waals surface area contributed by atoms with Gasteiger partial charge in [-0.15, -0.1) is 11.8 Å². The van der Waals surface area contributed by atoms with E-state index < -0.39 is 37.0 Å². The molecule has 2 rings (SSSR count). The molecule has 0 unspecified atom stereocenters. The predicted octanol–water partition coefficient (Wildman–Crippen LogP) is 5.30. The van der Waals surface area contributed by atoms with E-state index >= 15 is 0 Å². The Balaban J connectivity index is 2.25. The van der Waals surface area contributed by atoms with E-state index in [1.807, 2.05) is 0 Å². The van der Waals surface area contributed by atoms with Crippen molar-refractivity contribution in [2.24, 2.45) is 4.99 Å². The van der Waals surface area contributed by atoms with Gasteiger partial charge in [-0.1, -0.05) is 11.8 Å². The Labute approximate surface area is 158 Å². The van der Waals surface area contributed by atoms with E-state index in [0.29, 0.717) is 15.4 Å². The van der Waals surface area contributed by atoms with Crippen molar-refractivity contribution < 1.29 is 35.5 Å². The molecular formula is C15H13F7N2OS2. The van der Waals surface area contributed by atoms with E-state index in [1.165, 1.54) is 13.0 Å². The largest absolute Gasteiger partial charge is 0.406 e. The summed E-state index contributed by atoms with van der Waals surface area (Å²) in [5.74, 6) is -2.19. The van der Waals surface area contributed by atoms with E-state index in [9.17, 15) is 35.5 Å². The molecule has 1 aromatic carbocycles. The lowest BCUT2D eigenvalue weighted by atomic mass is 10.2. The van der Waals surface area contributed by atoms with Crippen molar-refractivity contribution in [3.63, 3.8) is 0 Å². The number of amidine groups is 1. The van der Waals surface area contributed by atoms with Gasteiger partial charge < -0.3 is 0 Å². The lowest BCUT2D eigenvalue weighted by molar-refractivity contribution is -0.150. The first-order chi connectivity index (χ1) is 12.4. The summed E-state index contributed by atoms with van der Waals surface area (Å²) in [6.45, 7) is -0.0436. The molecule has 150 valence electrons. The Morgan fingerprint density at radius 1 is 1.19 bits per heavy atom. The average molecular weight is 434 g/mol. The Morgan fingerprint density at radius 3 is 2.44 bits per heavy atom. The molecule has 0 radical (unpaired) electrons. The maximum Gasteiger partial charge on any atom is 0.406 e. The smallest absolute Gasteiger partial charge is 0.281 e. The van der Waals surface area contributed by atoms with Crippen LogP contribution < -0.4 is 0 Å². The van der Waals surface area contributed by atoms with E-state index in [0.717, 1.165) is 29.6 Å². The standard InChI is InChI=1S/C15H13F7N2OS2/c1-8-4-9(16)10(5-11(8)26-3-2-14(17,18)19)23-13-24(7-15(20,21)22)12(25)6-27-13/h4-5H,2-3,6-7H2,1H3. The molecule has 27 heavy (non-hydrogen) atoms. The highest BCUT2D eigenvalue weighted by atomic mass is 32.2. The molecule has 0 N–H and O–H groups in total. The van der Waals surface area contributed by atoms with Crippen LogP contribution in [0.25, 0.3) is 0 Å². The SMILES string of the molecule is Cc1cc(F)c(N=C2SCC(=O)N2CC(F)(F)F)cc1SCCC(F)(F)F. The molecular weight excluding hydrogens is 421 g/mol. The lowest BCUT2D eigenvalue weighted by Crippen LogP contribution is -2.38. The molecule has 0 aliphatic carbocycles. The van der Waals surface area contributed by atoms with Crippen LogP contribution in [0.3, 0.4) is 0 Å². The number of carbonyl (C=O) groups is 1. The molecule has 0 saturated carbocycles. The van der Waals surface area contributed by atoms with Crippen molar-refractivity contribution in [2.45, 2.75) is 30.6 Å². The molecule has 1 aliphatic heterocycles. The van der Waals surface area contributed by atoms with Crippen LogP contribution in [0.15, 0.2) is 22.0 Å². The van der Waals surface area contributed by atoms with E-state index in [1.54, 1.807) is 0 Å². The summed E-state index contributed by atoms with van der Waals surface area (Å²) in [6, 6.07) is 2.22. The first-order valence-corrected chi connectivity index (χ1v) is 9.41. The zero-order valence-electron chi connectivity index (χ0n) is 13.7. The van der Waals surface area contributed by atoms with Gasteiger partial charge in [0.05, 0.1) is 12.2 Å². The molecule has 0 atom stereocenters. The normalized spacial score (nSPS) is 17.3. The van der Waals surface area contributed by atoms with Gasteiger partial charge in [-0.25, -0.2) is 9.38 Å². The minimum Gasteiger partial charge on any atom is -0.281 e. The number of aliphatic imine (C=N–C) groups is 1. The molecule has 1 fully saturated rings. The number of alkyl halides is 6.